The fourth-order valence-corrected chi connectivity index (χ4v) is 2.41. The van der Waals surface area contributed by atoms with Gasteiger partial charge in [-0.3, -0.25) is 0 Å². The summed E-state index contributed by atoms with van der Waals surface area (Å²) in [6.07, 6.45) is 1.07. The molecule has 0 radical (unpaired) electrons. The number of fused-ring (bicyclic) bond motifs is 1. The lowest BCUT2D eigenvalue weighted by Crippen LogP contribution is -2.13. The second-order valence-corrected chi connectivity index (χ2v) is 5.02. The number of hydrogen-bond donors (Lipinski definition) is 2. The predicted molar refractivity (Wildman–Crippen MR) is 59.5 cm³/mol. The molecular weight excluding hydrogens is 228 g/mol. The van der Waals surface area contributed by atoms with E-state index in [-0.39, 0.29) is 10.8 Å². The van der Waals surface area contributed by atoms with Crippen LogP contribution in [0.15, 0.2) is 29.3 Å². The number of benzene rings is 1. The van der Waals surface area contributed by atoms with Crippen molar-refractivity contribution in [2.24, 2.45) is 5.14 Å². The second kappa shape index (κ2) is 3.43. The topological polar surface area (TPSA) is 93.3 Å². The molecule has 0 aliphatic heterocycles. The quantitative estimate of drug-likeness (QED) is 0.771. The molecule has 1 heterocycles. The summed E-state index contributed by atoms with van der Waals surface area (Å²) in [5.74, 6) is -0.203. The minimum Gasteiger partial charge on any atom is -0.493 e. The van der Waals surface area contributed by atoms with Crippen molar-refractivity contribution >= 4 is 20.8 Å². The van der Waals surface area contributed by atoms with Crippen LogP contribution in [-0.2, 0) is 10.0 Å². The zero-order chi connectivity index (χ0) is 11.9. The van der Waals surface area contributed by atoms with Crippen LogP contribution in [0.2, 0.25) is 0 Å². The van der Waals surface area contributed by atoms with Gasteiger partial charge in [0.1, 0.15) is 4.90 Å². The van der Waals surface area contributed by atoms with Crippen LogP contribution in [0.3, 0.4) is 0 Å². The van der Waals surface area contributed by atoms with E-state index in [2.05, 4.69) is 4.98 Å². The molecule has 0 saturated heterocycles. The SMILES string of the molecule is Cc1cccc2c(O)ncc(S(N)(=O)=O)c12. The Hall–Kier alpha value is -1.66. The Morgan fingerprint density at radius 2 is 2.06 bits per heavy atom. The molecule has 84 valence electrons. The molecule has 2 rings (SSSR count). The Morgan fingerprint density at radius 1 is 1.38 bits per heavy atom. The first kappa shape index (κ1) is 10.8. The van der Waals surface area contributed by atoms with E-state index in [4.69, 9.17) is 5.14 Å². The molecule has 3 N–H and O–H groups in total. The molecule has 0 aliphatic carbocycles. The highest BCUT2D eigenvalue weighted by atomic mass is 32.2. The van der Waals surface area contributed by atoms with Gasteiger partial charge in [-0.15, -0.1) is 0 Å². The summed E-state index contributed by atoms with van der Waals surface area (Å²) in [5.41, 5.74) is 0.722. The molecule has 0 fully saturated rings. The van der Waals surface area contributed by atoms with Gasteiger partial charge in [0.05, 0.1) is 6.20 Å². The number of aromatic nitrogens is 1. The molecule has 1 aromatic carbocycles. The maximum Gasteiger partial charge on any atom is 0.240 e. The number of aryl methyl sites for hydroxylation is 1. The van der Waals surface area contributed by atoms with Gasteiger partial charge < -0.3 is 5.11 Å². The molecule has 0 amide bonds. The van der Waals surface area contributed by atoms with Crippen molar-refractivity contribution in [3.63, 3.8) is 0 Å². The smallest absolute Gasteiger partial charge is 0.240 e. The highest BCUT2D eigenvalue weighted by Crippen LogP contribution is 2.29. The summed E-state index contributed by atoms with van der Waals surface area (Å²) in [5, 5.41) is 15.4. The van der Waals surface area contributed by atoms with E-state index in [1.807, 2.05) is 0 Å². The third-order valence-electron chi connectivity index (χ3n) is 2.37. The van der Waals surface area contributed by atoms with Crippen LogP contribution in [0.4, 0.5) is 0 Å². The van der Waals surface area contributed by atoms with Crippen LogP contribution in [-0.4, -0.2) is 18.5 Å². The molecular formula is C10H10N2O3S. The van der Waals surface area contributed by atoms with Gasteiger partial charge in [-0.25, -0.2) is 18.5 Å². The van der Waals surface area contributed by atoms with Crippen LogP contribution in [0.1, 0.15) is 5.56 Å². The Labute approximate surface area is 92.6 Å². The van der Waals surface area contributed by atoms with Crippen molar-refractivity contribution in [1.82, 2.24) is 4.98 Å². The third kappa shape index (κ3) is 1.62. The van der Waals surface area contributed by atoms with Crippen molar-refractivity contribution in [2.75, 3.05) is 0 Å². The van der Waals surface area contributed by atoms with Gasteiger partial charge in [0.25, 0.3) is 0 Å². The summed E-state index contributed by atoms with van der Waals surface area (Å²) in [4.78, 5) is 3.54. The number of sulfonamides is 1. The number of hydrogen-bond acceptors (Lipinski definition) is 4. The minimum atomic E-state index is -3.84. The summed E-state index contributed by atoms with van der Waals surface area (Å²) in [6, 6.07) is 5.06. The maximum atomic E-state index is 11.4. The highest BCUT2D eigenvalue weighted by molar-refractivity contribution is 7.89. The van der Waals surface area contributed by atoms with Crippen molar-refractivity contribution in [1.29, 1.82) is 0 Å². The van der Waals surface area contributed by atoms with Gasteiger partial charge in [-0.1, -0.05) is 12.1 Å². The van der Waals surface area contributed by atoms with Crippen molar-refractivity contribution in [3.05, 3.63) is 30.0 Å². The van der Waals surface area contributed by atoms with E-state index >= 15 is 0 Å². The van der Waals surface area contributed by atoms with Gasteiger partial charge in [0.2, 0.25) is 15.9 Å². The second-order valence-electron chi connectivity index (χ2n) is 3.49. The molecule has 5 nitrogen and oxygen atoms in total. The van der Waals surface area contributed by atoms with E-state index in [0.717, 1.165) is 11.8 Å². The summed E-state index contributed by atoms with van der Waals surface area (Å²) >= 11 is 0. The Kier molecular flexibility index (Phi) is 2.32. The molecule has 2 aromatic rings. The van der Waals surface area contributed by atoms with Crippen LogP contribution in [0.5, 0.6) is 5.88 Å². The first-order chi connectivity index (χ1) is 7.41. The number of pyridine rings is 1. The largest absolute Gasteiger partial charge is 0.493 e. The normalized spacial score (nSPS) is 11.9. The standard InChI is InChI=1S/C10H10N2O3S/c1-6-3-2-4-7-9(6)8(16(11,14)15)5-12-10(7)13/h2-5H,1H3,(H,12,13)(H2,11,14,15). The molecule has 0 atom stereocenters. The molecule has 0 unspecified atom stereocenters. The van der Waals surface area contributed by atoms with Crippen molar-refractivity contribution < 1.29 is 13.5 Å². The van der Waals surface area contributed by atoms with E-state index < -0.39 is 10.0 Å². The number of nitrogens with zero attached hydrogens (tertiary/aromatic N) is 1. The Morgan fingerprint density at radius 3 is 2.69 bits per heavy atom. The fourth-order valence-electron chi connectivity index (χ4n) is 1.65. The molecule has 0 saturated carbocycles. The number of primary sulfonamides is 1. The van der Waals surface area contributed by atoms with E-state index in [0.29, 0.717) is 10.8 Å². The lowest BCUT2D eigenvalue weighted by molar-refractivity contribution is 0.459. The van der Waals surface area contributed by atoms with E-state index in [1.54, 1.807) is 25.1 Å². The Bertz CT molecular complexity index is 665. The van der Waals surface area contributed by atoms with Gasteiger partial charge >= 0.3 is 0 Å². The number of aromatic hydroxyl groups is 1. The summed E-state index contributed by atoms with van der Waals surface area (Å²) in [7, 11) is -3.84. The van der Waals surface area contributed by atoms with Crippen molar-refractivity contribution in [2.45, 2.75) is 11.8 Å². The van der Waals surface area contributed by atoms with Gasteiger partial charge in [-0.2, -0.15) is 0 Å². The van der Waals surface area contributed by atoms with Crippen LogP contribution >= 0.6 is 0 Å². The lowest BCUT2D eigenvalue weighted by Gasteiger charge is -2.07. The summed E-state index contributed by atoms with van der Waals surface area (Å²) < 4.78 is 22.7. The predicted octanol–water partition coefficient (Wildman–Crippen LogP) is 0.896. The van der Waals surface area contributed by atoms with Crippen molar-refractivity contribution in [3.8, 4) is 5.88 Å². The zero-order valence-corrected chi connectivity index (χ0v) is 9.32. The Balaban J connectivity index is 3.04. The lowest BCUT2D eigenvalue weighted by atomic mass is 10.1. The van der Waals surface area contributed by atoms with Gasteiger partial charge in [-0.05, 0) is 18.6 Å². The fraction of sp³-hybridized carbons (Fsp3) is 0.100. The third-order valence-corrected chi connectivity index (χ3v) is 3.29. The first-order valence-corrected chi connectivity index (χ1v) is 6.06. The first-order valence-electron chi connectivity index (χ1n) is 4.51. The molecule has 0 aliphatic rings. The van der Waals surface area contributed by atoms with E-state index in [1.165, 1.54) is 0 Å². The van der Waals surface area contributed by atoms with Gasteiger partial charge in [0, 0.05) is 10.8 Å². The van der Waals surface area contributed by atoms with Crippen LogP contribution < -0.4 is 5.14 Å². The molecule has 16 heavy (non-hydrogen) atoms. The average Bonchev–Trinajstić information content (AvgIpc) is 2.18. The highest BCUT2D eigenvalue weighted by Gasteiger charge is 2.16. The van der Waals surface area contributed by atoms with Crippen LogP contribution in [0.25, 0.3) is 10.8 Å². The number of rotatable bonds is 1. The number of nitrogens with two attached hydrogens (primary N) is 1. The van der Waals surface area contributed by atoms with Gasteiger partial charge in [0.15, 0.2) is 0 Å². The summed E-state index contributed by atoms with van der Waals surface area (Å²) in [6.45, 7) is 1.75. The van der Waals surface area contributed by atoms with E-state index in [9.17, 15) is 13.5 Å². The monoisotopic (exact) mass is 238 g/mol. The molecule has 6 heteroatoms. The average molecular weight is 238 g/mol. The maximum absolute atomic E-state index is 11.4. The van der Waals surface area contributed by atoms with Crippen LogP contribution in [0, 0.1) is 6.92 Å². The molecule has 0 spiro atoms. The molecule has 0 bridgehead atoms. The minimum absolute atomic E-state index is 0.0709. The molecule has 1 aromatic heterocycles. The zero-order valence-electron chi connectivity index (χ0n) is 8.51.